The van der Waals surface area contributed by atoms with Crippen LogP contribution in [0.25, 0.3) is 22.2 Å². The number of carbonyl (C=O) groups is 2. The zero-order valence-electron chi connectivity index (χ0n) is 25.0. The van der Waals surface area contributed by atoms with E-state index in [0.717, 1.165) is 12.1 Å². The van der Waals surface area contributed by atoms with Crippen LogP contribution in [0.5, 0.6) is 17.2 Å². The fourth-order valence-electron chi connectivity index (χ4n) is 4.57. The molecule has 0 saturated carbocycles. The number of fused-ring (bicyclic) bond motifs is 1. The predicted molar refractivity (Wildman–Crippen MR) is 156 cm³/mol. The van der Waals surface area contributed by atoms with Gasteiger partial charge in [-0.2, -0.15) is 0 Å². The maximum absolute atomic E-state index is 13.8. The molecule has 4 aromatic rings. The van der Waals surface area contributed by atoms with Gasteiger partial charge < -0.3 is 23.7 Å². The van der Waals surface area contributed by atoms with Crippen LogP contribution < -0.4 is 14.2 Å². The van der Waals surface area contributed by atoms with Gasteiger partial charge in [0.2, 0.25) is 0 Å². The monoisotopic (exact) mass is 614 g/mol. The number of aromatic nitrogens is 2. The molecule has 2 aromatic heterocycles. The molecular weight excluding hydrogens is 581 g/mol. The lowest BCUT2D eigenvalue weighted by Gasteiger charge is -2.21. The Morgan fingerprint density at radius 2 is 1.59 bits per heavy atom. The highest BCUT2D eigenvalue weighted by Gasteiger charge is 2.33. The summed E-state index contributed by atoms with van der Waals surface area (Å²) in [6.07, 6.45) is -3.91. The fourth-order valence-corrected chi connectivity index (χ4v) is 4.57. The van der Waals surface area contributed by atoms with E-state index >= 15 is 0 Å². The third kappa shape index (κ3) is 7.80. The molecule has 234 valence electrons. The van der Waals surface area contributed by atoms with Crippen LogP contribution in [0, 0.1) is 0 Å². The highest BCUT2D eigenvalue weighted by atomic mass is 19.4. The summed E-state index contributed by atoms with van der Waals surface area (Å²) in [6, 6.07) is 13.8. The minimum absolute atomic E-state index is 0.0107. The Labute approximate surface area is 252 Å². The molecule has 0 saturated heterocycles. The Kier molecular flexibility index (Phi) is 9.71. The van der Waals surface area contributed by atoms with E-state index in [1.165, 1.54) is 16.7 Å². The molecule has 0 radical (unpaired) electrons. The normalized spacial score (nSPS) is 11.7. The number of pyridine rings is 1. The van der Waals surface area contributed by atoms with Crippen molar-refractivity contribution in [3.05, 3.63) is 72.1 Å². The SMILES string of the molecule is CCOC(=O)c1c(CCOc2ccc(OC(F)(F)F)cc2)c2ccnc(-c3cccc(OCC)c3)c2n1C(=O)OC(C)(C)C. The quantitative estimate of drug-likeness (QED) is 0.169. The van der Waals surface area contributed by atoms with Crippen molar-refractivity contribution >= 4 is 23.0 Å². The molecule has 0 bridgehead atoms. The molecule has 0 unspecified atom stereocenters. The number of ether oxygens (including phenoxy) is 5. The molecule has 4 rings (SSSR count). The zero-order valence-corrected chi connectivity index (χ0v) is 25.0. The molecule has 12 heteroatoms. The van der Waals surface area contributed by atoms with Gasteiger partial charge in [-0.25, -0.2) is 14.2 Å². The number of alkyl halides is 3. The van der Waals surface area contributed by atoms with Crippen molar-refractivity contribution in [2.24, 2.45) is 0 Å². The van der Waals surface area contributed by atoms with E-state index < -0.39 is 24.0 Å². The second-order valence-electron chi connectivity index (χ2n) is 10.5. The van der Waals surface area contributed by atoms with Gasteiger partial charge in [-0.1, -0.05) is 12.1 Å². The van der Waals surface area contributed by atoms with Gasteiger partial charge in [-0.05, 0) is 82.6 Å². The van der Waals surface area contributed by atoms with Gasteiger partial charge in [0.05, 0.1) is 31.0 Å². The third-order valence-corrected chi connectivity index (χ3v) is 6.12. The number of nitrogens with zero attached hydrogens (tertiary/aromatic N) is 2. The molecule has 0 fully saturated rings. The Morgan fingerprint density at radius 1 is 0.886 bits per heavy atom. The number of esters is 1. The van der Waals surface area contributed by atoms with Crippen molar-refractivity contribution in [3.8, 4) is 28.5 Å². The van der Waals surface area contributed by atoms with E-state index in [1.54, 1.807) is 58.2 Å². The van der Waals surface area contributed by atoms with Crippen molar-refractivity contribution in [2.45, 2.75) is 53.0 Å². The van der Waals surface area contributed by atoms with Gasteiger partial charge in [0.1, 0.15) is 28.5 Å². The number of carbonyl (C=O) groups excluding carboxylic acids is 2. The molecule has 44 heavy (non-hydrogen) atoms. The number of rotatable bonds is 10. The van der Waals surface area contributed by atoms with Crippen LogP contribution >= 0.6 is 0 Å². The minimum atomic E-state index is -4.81. The molecule has 2 heterocycles. The van der Waals surface area contributed by atoms with Gasteiger partial charge in [-0.3, -0.25) is 4.98 Å². The van der Waals surface area contributed by atoms with Crippen LogP contribution in [-0.4, -0.2) is 53.4 Å². The van der Waals surface area contributed by atoms with Crippen LogP contribution in [0.3, 0.4) is 0 Å². The van der Waals surface area contributed by atoms with Crippen molar-refractivity contribution in [1.82, 2.24) is 9.55 Å². The topological polar surface area (TPSA) is 98.1 Å². The van der Waals surface area contributed by atoms with Gasteiger partial charge in [0.25, 0.3) is 0 Å². The summed E-state index contributed by atoms with van der Waals surface area (Å²) >= 11 is 0. The average molecular weight is 615 g/mol. The highest BCUT2D eigenvalue weighted by molar-refractivity contribution is 6.08. The van der Waals surface area contributed by atoms with E-state index in [4.69, 9.17) is 18.9 Å². The maximum Gasteiger partial charge on any atom is 0.573 e. The second-order valence-corrected chi connectivity index (χ2v) is 10.5. The largest absolute Gasteiger partial charge is 0.573 e. The molecule has 2 aromatic carbocycles. The van der Waals surface area contributed by atoms with Crippen molar-refractivity contribution < 1.29 is 46.4 Å². The van der Waals surface area contributed by atoms with Crippen molar-refractivity contribution in [1.29, 1.82) is 0 Å². The Bertz CT molecular complexity index is 1620. The van der Waals surface area contributed by atoms with E-state index in [2.05, 4.69) is 9.72 Å². The Morgan fingerprint density at radius 3 is 2.23 bits per heavy atom. The van der Waals surface area contributed by atoms with Gasteiger partial charge in [-0.15, -0.1) is 13.2 Å². The molecule has 0 aliphatic heterocycles. The lowest BCUT2D eigenvalue weighted by atomic mass is 10.0. The van der Waals surface area contributed by atoms with Crippen LogP contribution in [0.1, 0.15) is 50.7 Å². The summed E-state index contributed by atoms with van der Waals surface area (Å²) in [5.41, 5.74) is 0.912. The Balaban J connectivity index is 1.82. The number of hydrogen-bond acceptors (Lipinski definition) is 8. The molecule has 0 aliphatic rings. The molecule has 0 spiro atoms. The summed E-state index contributed by atoms with van der Waals surface area (Å²) in [4.78, 5) is 31.8. The number of benzene rings is 2. The molecule has 0 aliphatic carbocycles. The smallest absolute Gasteiger partial charge is 0.494 e. The first kappa shape index (κ1) is 32.2. The third-order valence-electron chi connectivity index (χ3n) is 6.12. The van der Waals surface area contributed by atoms with Crippen LogP contribution in [0.2, 0.25) is 0 Å². The van der Waals surface area contributed by atoms with Crippen LogP contribution in [0.4, 0.5) is 18.0 Å². The second kappa shape index (κ2) is 13.3. The summed E-state index contributed by atoms with van der Waals surface area (Å²) in [5.74, 6) is -0.246. The van der Waals surface area contributed by atoms with E-state index in [1.807, 2.05) is 13.0 Å². The summed E-state index contributed by atoms with van der Waals surface area (Å²) in [5, 5.41) is 0.545. The average Bonchev–Trinajstić information content (AvgIpc) is 3.27. The van der Waals surface area contributed by atoms with Crippen LogP contribution in [-0.2, 0) is 15.9 Å². The van der Waals surface area contributed by atoms with Crippen molar-refractivity contribution in [3.63, 3.8) is 0 Å². The van der Waals surface area contributed by atoms with Gasteiger partial charge in [0.15, 0.2) is 0 Å². The number of halogens is 3. The fraction of sp³-hybridized carbons (Fsp3) is 0.344. The van der Waals surface area contributed by atoms with Gasteiger partial charge in [0, 0.05) is 23.6 Å². The van der Waals surface area contributed by atoms with Gasteiger partial charge >= 0.3 is 18.4 Å². The molecular formula is C32H33F3N2O7. The van der Waals surface area contributed by atoms with Crippen molar-refractivity contribution in [2.75, 3.05) is 19.8 Å². The minimum Gasteiger partial charge on any atom is -0.494 e. The lowest BCUT2D eigenvalue weighted by molar-refractivity contribution is -0.274. The Hall–Kier alpha value is -4.74. The summed E-state index contributed by atoms with van der Waals surface area (Å²) < 4.78 is 65.2. The number of hydrogen-bond donors (Lipinski definition) is 0. The molecule has 0 atom stereocenters. The standard InChI is InChI=1S/C32H33F3N2O7/c1-6-40-23-10-8-9-20(19-23)26-27-24(15-17-36-26)25(16-18-42-21-11-13-22(14-12-21)43-32(33,34)35)28(29(38)41-7-2)37(27)30(39)44-31(3,4)5/h8-15,17,19H,6-7,16,18H2,1-5H3. The zero-order chi connectivity index (χ0) is 32.1. The maximum atomic E-state index is 13.8. The predicted octanol–water partition coefficient (Wildman–Crippen LogP) is 7.58. The van der Waals surface area contributed by atoms with E-state index in [0.29, 0.717) is 40.1 Å². The highest BCUT2D eigenvalue weighted by Crippen LogP contribution is 2.36. The van der Waals surface area contributed by atoms with E-state index in [9.17, 15) is 22.8 Å². The first-order valence-corrected chi connectivity index (χ1v) is 14.0. The lowest BCUT2D eigenvalue weighted by Crippen LogP contribution is -2.29. The summed E-state index contributed by atoms with van der Waals surface area (Å²) in [6.45, 7) is 9.17. The molecule has 0 amide bonds. The first-order chi connectivity index (χ1) is 20.8. The first-order valence-electron chi connectivity index (χ1n) is 14.0. The van der Waals surface area contributed by atoms with Crippen LogP contribution in [0.15, 0.2) is 60.8 Å². The molecule has 0 N–H and O–H groups in total. The van der Waals surface area contributed by atoms with E-state index in [-0.39, 0.29) is 36.8 Å². The summed E-state index contributed by atoms with van der Waals surface area (Å²) in [7, 11) is 0. The molecule has 9 nitrogen and oxygen atoms in total.